The molecule has 1 aliphatic heterocycles. The molecule has 0 aliphatic carbocycles. The van der Waals surface area contributed by atoms with Crippen LogP contribution in [0.1, 0.15) is 61.8 Å². The van der Waals surface area contributed by atoms with Gasteiger partial charge in [-0.05, 0) is 47.4 Å². The second kappa shape index (κ2) is 14.5. The third-order valence-electron chi connectivity index (χ3n) is 7.46. The summed E-state index contributed by atoms with van der Waals surface area (Å²) in [6, 6.07) is 22.8. The van der Waals surface area contributed by atoms with Gasteiger partial charge in [-0.1, -0.05) is 92.9 Å². The predicted molar refractivity (Wildman–Crippen MR) is 156 cm³/mol. The summed E-state index contributed by atoms with van der Waals surface area (Å²) in [6.45, 7) is 2.80. The van der Waals surface area contributed by atoms with Crippen molar-refractivity contribution in [3.8, 4) is 5.75 Å². The molecule has 210 valence electrons. The molecular formula is C34H39FN2O3. The van der Waals surface area contributed by atoms with E-state index in [4.69, 9.17) is 4.74 Å². The molecule has 1 aliphatic rings. The molecule has 0 radical (unpaired) electrons. The number of rotatable bonds is 11. The summed E-state index contributed by atoms with van der Waals surface area (Å²) < 4.78 is 19.1. The molecular weight excluding hydrogens is 503 g/mol. The average Bonchev–Trinajstić information content (AvgIpc) is 2.98. The van der Waals surface area contributed by atoms with E-state index in [1.165, 1.54) is 12.1 Å². The van der Waals surface area contributed by atoms with Gasteiger partial charge in [0.2, 0.25) is 11.8 Å². The number of ether oxygens (including phenoxy) is 1. The van der Waals surface area contributed by atoms with E-state index in [0.717, 1.165) is 48.1 Å². The number of hydrogen-bond acceptors (Lipinski definition) is 3. The highest BCUT2D eigenvalue weighted by atomic mass is 19.1. The van der Waals surface area contributed by atoms with Gasteiger partial charge in [-0.15, -0.1) is 0 Å². The lowest BCUT2D eigenvalue weighted by molar-refractivity contribution is -0.147. The normalized spacial score (nSPS) is 18.2. The van der Waals surface area contributed by atoms with Crippen LogP contribution in [0.4, 0.5) is 4.39 Å². The molecule has 2 amide bonds. The van der Waals surface area contributed by atoms with E-state index in [1.54, 1.807) is 24.1 Å². The minimum absolute atomic E-state index is 0.000311. The number of unbranched alkanes of at least 4 members (excludes halogenated alkanes) is 3. The number of benzene rings is 3. The lowest BCUT2D eigenvalue weighted by Crippen LogP contribution is -2.53. The van der Waals surface area contributed by atoms with Crippen molar-refractivity contribution >= 4 is 11.8 Å². The molecule has 0 saturated carbocycles. The van der Waals surface area contributed by atoms with E-state index in [1.807, 2.05) is 71.6 Å². The van der Waals surface area contributed by atoms with Gasteiger partial charge in [-0.25, -0.2) is 4.39 Å². The number of amides is 2. The van der Waals surface area contributed by atoms with Crippen LogP contribution in [0.5, 0.6) is 5.75 Å². The van der Waals surface area contributed by atoms with Crippen molar-refractivity contribution in [3.63, 3.8) is 0 Å². The highest BCUT2D eigenvalue weighted by molar-refractivity contribution is 5.89. The minimum atomic E-state index is -0.660. The fourth-order valence-electron chi connectivity index (χ4n) is 5.21. The van der Waals surface area contributed by atoms with E-state index >= 15 is 0 Å². The highest BCUT2D eigenvalue weighted by Gasteiger charge is 2.36. The van der Waals surface area contributed by atoms with Crippen LogP contribution in [0.2, 0.25) is 0 Å². The maximum Gasteiger partial charge on any atom is 0.246 e. The molecule has 5 nitrogen and oxygen atoms in total. The molecule has 4 rings (SSSR count). The second-order valence-electron chi connectivity index (χ2n) is 10.3. The molecule has 1 unspecified atom stereocenters. The number of methoxy groups -OCH3 is 1. The Bertz CT molecular complexity index is 1260. The van der Waals surface area contributed by atoms with Crippen molar-refractivity contribution in [1.82, 2.24) is 9.80 Å². The zero-order valence-electron chi connectivity index (χ0n) is 23.5. The van der Waals surface area contributed by atoms with Gasteiger partial charge in [0.25, 0.3) is 0 Å². The van der Waals surface area contributed by atoms with Crippen molar-refractivity contribution in [2.24, 2.45) is 0 Å². The van der Waals surface area contributed by atoms with E-state index in [9.17, 15) is 14.0 Å². The van der Waals surface area contributed by atoms with Crippen LogP contribution < -0.4 is 4.74 Å². The van der Waals surface area contributed by atoms with Gasteiger partial charge in [0.1, 0.15) is 17.6 Å². The minimum Gasteiger partial charge on any atom is -0.497 e. The van der Waals surface area contributed by atoms with Crippen molar-refractivity contribution in [3.05, 3.63) is 114 Å². The largest absolute Gasteiger partial charge is 0.497 e. The fraction of sp³-hybridized carbons (Fsp3) is 0.353. The summed E-state index contributed by atoms with van der Waals surface area (Å²) in [6.07, 6.45) is 8.85. The molecule has 0 bridgehead atoms. The van der Waals surface area contributed by atoms with Gasteiger partial charge in [-0.3, -0.25) is 9.59 Å². The maximum atomic E-state index is 14.6. The predicted octanol–water partition coefficient (Wildman–Crippen LogP) is 6.88. The van der Waals surface area contributed by atoms with Gasteiger partial charge in [0, 0.05) is 25.9 Å². The molecule has 3 aromatic rings. The van der Waals surface area contributed by atoms with Gasteiger partial charge in [0.15, 0.2) is 0 Å². The van der Waals surface area contributed by atoms with Crippen molar-refractivity contribution in [2.75, 3.05) is 13.7 Å². The molecule has 1 heterocycles. The van der Waals surface area contributed by atoms with Crippen LogP contribution in [0, 0.1) is 5.82 Å². The Hall–Kier alpha value is -3.93. The van der Waals surface area contributed by atoms with E-state index in [-0.39, 0.29) is 30.2 Å². The molecule has 0 fully saturated rings. The van der Waals surface area contributed by atoms with E-state index < -0.39 is 6.04 Å². The van der Waals surface area contributed by atoms with Crippen LogP contribution in [0.15, 0.2) is 91.0 Å². The molecule has 40 heavy (non-hydrogen) atoms. The zero-order chi connectivity index (χ0) is 28.3. The highest BCUT2D eigenvalue weighted by Crippen LogP contribution is 2.30. The summed E-state index contributed by atoms with van der Waals surface area (Å²) >= 11 is 0. The Morgan fingerprint density at radius 2 is 1.65 bits per heavy atom. The monoisotopic (exact) mass is 542 g/mol. The third kappa shape index (κ3) is 7.59. The summed E-state index contributed by atoms with van der Waals surface area (Å²) in [5.74, 6) is 0.285. The Balaban J connectivity index is 1.73. The first kappa shape index (κ1) is 29.1. The van der Waals surface area contributed by atoms with Crippen LogP contribution in [-0.2, 0) is 22.6 Å². The van der Waals surface area contributed by atoms with Gasteiger partial charge in [0.05, 0.1) is 13.2 Å². The standard InChI is InChI=1S/C34H39FN2O3/c1-3-4-5-9-14-33(38)36-23-10-13-31(28-17-21-30(40-2)22-18-28)37(25-27-15-19-29(35)20-16-27)34(39)32(36)24-26-11-7-6-8-12-26/h6-8,10-13,15-22,31-32H,3-5,9,14,23-25H2,1-2H3/b13-10-/t31?,32-/m1/s1. The molecule has 3 aromatic carbocycles. The second-order valence-corrected chi connectivity index (χ2v) is 10.3. The number of carbonyl (C=O) groups is 2. The molecule has 0 N–H and O–H groups in total. The van der Waals surface area contributed by atoms with Crippen LogP contribution in [0.25, 0.3) is 0 Å². The molecule has 0 spiro atoms. The summed E-state index contributed by atoms with van der Waals surface area (Å²) in [5, 5.41) is 0. The summed E-state index contributed by atoms with van der Waals surface area (Å²) in [7, 11) is 1.62. The third-order valence-corrected chi connectivity index (χ3v) is 7.46. The van der Waals surface area contributed by atoms with Gasteiger partial charge in [-0.2, -0.15) is 0 Å². The van der Waals surface area contributed by atoms with Crippen molar-refractivity contribution in [1.29, 1.82) is 0 Å². The fourth-order valence-corrected chi connectivity index (χ4v) is 5.21. The number of halogens is 1. The SMILES string of the molecule is CCCCCCC(=O)N1C/C=C\C(c2ccc(OC)cc2)N(Cc2ccc(F)cc2)C(=O)[C@H]1Cc1ccccc1. The summed E-state index contributed by atoms with van der Waals surface area (Å²) in [5.41, 5.74) is 2.75. The molecule has 0 saturated heterocycles. The van der Waals surface area contributed by atoms with E-state index in [2.05, 4.69) is 6.92 Å². The lowest BCUT2D eigenvalue weighted by Gasteiger charge is -2.39. The van der Waals surface area contributed by atoms with Gasteiger partial charge < -0.3 is 14.5 Å². The van der Waals surface area contributed by atoms with Gasteiger partial charge >= 0.3 is 0 Å². The quantitative estimate of drug-likeness (QED) is 0.196. The first-order valence-corrected chi connectivity index (χ1v) is 14.2. The summed E-state index contributed by atoms with van der Waals surface area (Å²) in [4.78, 5) is 31.7. The number of nitrogens with zero attached hydrogens (tertiary/aromatic N) is 2. The van der Waals surface area contributed by atoms with Crippen molar-refractivity contribution < 1.29 is 18.7 Å². The van der Waals surface area contributed by atoms with Crippen molar-refractivity contribution in [2.45, 2.75) is 64.1 Å². The maximum absolute atomic E-state index is 14.6. The Kier molecular flexibility index (Phi) is 10.5. The Morgan fingerprint density at radius 3 is 2.33 bits per heavy atom. The Morgan fingerprint density at radius 1 is 0.925 bits per heavy atom. The number of carbonyl (C=O) groups excluding carboxylic acids is 2. The number of hydrogen-bond donors (Lipinski definition) is 0. The average molecular weight is 543 g/mol. The van der Waals surface area contributed by atoms with E-state index in [0.29, 0.717) is 19.4 Å². The lowest BCUT2D eigenvalue weighted by atomic mass is 9.96. The topological polar surface area (TPSA) is 49.9 Å². The molecule has 6 heteroatoms. The molecule has 0 aromatic heterocycles. The Labute approximate surface area is 237 Å². The smallest absolute Gasteiger partial charge is 0.246 e. The van der Waals surface area contributed by atoms with Crippen LogP contribution in [0.3, 0.4) is 0 Å². The van der Waals surface area contributed by atoms with Crippen LogP contribution >= 0.6 is 0 Å². The zero-order valence-corrected chi connectivity index (χ0v) is 23.5. The first-order valence-electron chi connectivity index (χ1n) is 14.2. The van der Waals surface area contributed by atoms with Crippen LogP contribution in [-0.4, -0.2) is 41.3 Å². The molecule has 2 atom stereocenters. The first-order chi connectivity index (χ1) is 19.5.